The van der Waals surface area contributed by atoms with E-state index in [-0.39, 0.29) is 11.3 Å². The highest BCUT2D eigenvalue weighted by Crippen LogP contribution is 2.28. The molecule has 0 bridgehead atoms. The fourth-order valence-corrected chi connectivity index (χ4v) is 3.50. The van der Waals surface area contributed by atoms with Crippen molar-refractivity contribution >= 4 is 22.6 Å². The largest absolute Gasteiger partial charge is 0.495 e. The second kappa shape index (κ2) is 8.21. The molecular formula is C24H21N3O3. The fourth-order valence-electron chi connectivity index (χ4n) is 3.50. The van der Waals surface area contributed by atoms with Gasteiger partial charge in [0, 0.05) is 11.6 Å². The van der Waals surface area contributed by atoms with Crippen molar-refractivity contribution in [1.82, 2.24) is 9.55 Å². The van der Waals surface area contributed by atoms with E-state index in [9.17, 15) is 9.59 Å². The van der Waals surface area contributed by atoms with Gasteiger partial charge >= 0.3 is 0 Å². The standard InChI is InChI=1S/C24H21N3O3/c1-16-12-13-25-20(14-16)26-23(28)21-22(30-2)18-10-6-7-11-19(18)27(24(21)29)15-17-8-4-3-5-9-17/h3-14H,15H2,1-2H3,(H,25,26,28). The summed E-state index contributed by atoms with van der Waals surface area (Å²) in [6.07, 6.45) is 1.61. The topological polar surface area (TPSA) is 73.2 Å². The molecule has 30 heavy (non-hydrogen) atoms. The van der Waals surface area contributed by atoms with Gasteiger partial charge in [-0.25, -0.2) is 4.98 Å². The van der Waals surface area contributed by atoms with Crippen LogP contribution in [0, 0.1) is 6.92 Å². The number of aromatic nitrogens is 2. The summed E-state index contributed by atoms with van der Waals surface area (Å²) in [4.78, 5) is 30.8. The van der Waals surface area contributed by atoms with Crippen molar-refractivity contribution in [3.05, 3.63) is 100.0 Å². The molecule has 0 saturated heterocycles. The van der Waals surface area contributed by atoms with Crippen molar-refractivity contribution in [2.75, 3.05) is 12.4 Å². The zero-order valence-corrected chi connectivity index (χ0v) is 16.8. The number of carbonyl (C=O) groups is 1. The van der Waals surface area contributed by atoms with E-state index in [1.165, 1.54) is 7.11 Å². The van der Waals surface area contributed by atoms with E-state index in [0.717, 1.165) is 11.1 Å². The molecule has 6 nitrogen and oxygen atoms in total. The summed E-state index contributed by atoms with van der Waals surface area (Å²) in [6, 6.07) is 20.6. The van der Waals surface area contributed by atoms with Crippen LogP contribution in [0.5, 0.6) is 5.75 Å². The van der Waals surface area contributed by atoms with E-state index in [2.05, 4.69) is 10.3 Å². The number of methoxy groups -OCH3 is 1. The van der Waals surface area contributed by atoms with Gasteiger partial charge < -0.3 is 14.6 Å². The number of ether oxygens (including phenoxy) is 1. The first kappa shape index (κ1) is 19.4. The lowest BCUT2D eigenvalue weighted by atomic mass is 10.1. The van der Waals surface area contributed by atoms with Gasteiger partial charge in [-0.3, -0.25) is 9.59 Å². The average Bonchev–Trinajstić information content (AvgIpc) is 2.76. The molecule has 1 N–H and O–H groups in total. The molecule has 0 saturated carbocycles. The molecule has 0 fully saturated rings. The number of para-hydroxylation sites is 1. The molecule has 0 radical (unpaired) electrons. The Hall–Kier alpha value is -3.93. The molecule has 0 aliphatic heterocycles. The Kier molecular flexibility index (Phi) is 5.30. The van der Waals surface area contributed by atoms with Gasteiger partial charge in [-0.15, -0.1) is 0 Å². The van der Waals surface area contributed by atoms with Crippen LogP contribution in [-0.2, 0) is 6.54 Å². The number of nitrogens with zero attached hydrogens (tertiary/aromatic N) is 2. The Morgan fingerprint density at radius 3 is 2.53 bits per heavy atom. The first-order valence-electron chi connectivity index (χ1n) is 9.56. The van der Waals surface area contributed by atoms with E-state index >= 15 is 0 Å². The minimum Gasteiger partial charge on any atom is -0.495 e. The Balaban J connectivity index is 1.89. The minimum atomic E-state index is -0.553. The minimum absolute atomic E-state index is 0.0459. The second-order valence-corrected chi connectivity index (χ2v) is 6.97. The third-order valence-electron chi connectivity index (χ3n) is 4.90. The van der Waals surface area contributed by atoms with E-state index in [1.807, 2.05) is 67.6 Å². The predicted octanol–water partition coefficient (Wildman–Crippen LogP) is 4.01. The van der Waals surface area contributed by atoms with Gasteiger partial charge in [0.15, 0.2) is 0 Å². The molecule has 0 spiro atoms. The third kappa shape index (κ3) is 3.67. The molecule has 6 heteroatoms. The smallest absolute Gasteiger partial charge is 0.268 e. The second-order valence-electron chi connectivity index (χ2n) is 6.97. The molecule has 0 atom stereocenters. The maximum absolute atomic E-state index is 13.5. The van der Waals surface area contributed by atoms with Crippen molar-refractivity contribution in [1.29, 1.82) is 0 Å². The molecule has 4 rings (SSSR count). The summed E-state index contributed by atoms with van der Waals surface area (Å²) < 4.78 is 7.14. The van der Waals surface area contributed by atoms with Crippen LogP contribution < -0.4 is 15.6 Å². The van der Waals surface area contributed by atoms with Gasteiger partial charge in [0.2, 0.25) is 0 Å². The summed E-state index contributed by atoms with van der Waals surface area (Å²) in [5.74, 6) is 0.0804. The Bertz CT molecular complexity index is 1280. The van der Waals surface area contributed by atoms with Gasteiger partial charge in [0.1, 0.15) is 17.1 Å². The van der Waals surface area contributed by atoms with Crippen LogP contribution in [0.3, 0.4) is 0 Å². The summed E-state index contributed by atoms with van der Waals surface area (Å²) in [6.45, 7) is 2.24. The zero-order valence-electron chi connectivity index (χ0n) is 16.8. The number of hydrogen-bond acceptors (Lipinski definition) is 4. The van der Waals surface area contributed by atoms with E-state index in [4.69, 9.17) is 4.74 Å². The summed E-state index contributed by atoms with van der Waals surface area (Å²) in [7, 11) is 1.46. The van der Waals surface area contributed by atoms with E-state index < -0.39 is 11.5 Å². The maximum atomic E-state index is 13.5. The summed E-state index contributed by atoms with van der Waals surface area (Å²) >= 11 is 0. The zero-order chi connectivity index (χ0) is 21.1. The van der Waals surface area contributed by atoms with Gasteiger partial charge in [0.25, 0.3) is 11.5 Å². The van der Waals surface area contributed by atoms with E-state index in [0.29, 0.717) is 23.3 Å². The molecule has 0 aliphatic rings. The Morgan fingerprint density at radius 1 is 1.07 bits per heavy atom. The highest BCUT2D eigenvalue weighted by molar-refractivity contribution is 6.08. The number of fused-ring (bicyclic) bond motifs is 1. The molecule has 2 aromatic heterocycles. The summed E-state index contributed by atoms with van der Waals surface area (Å²) in [5.41, 5.74) is 2.15. The highest BCUT2D eigenvalue weighted by Gasteiger charge is 2.23. The van der Waals surface area contributed by atoms with Crippen molar-refractivity contribution in [2.45, 2.75) is 13.5 Å². The number of aryl methyl sites for hydroxylation is 1. The molecule has 2 heterocycles. The molecule has 150 valence electrons. The van der Waals surface area contributed by atoms with Crippen LogP contribution in [-0.4, -0.2) is 22.6 Å². The molecule has 4 aromatic rings. The van der Waals surface area contributed by atoms with Gasteiger partial charge in [0.05, 0.1) is 19.2 Å². The quantitative estimate of drug-likeness (QED) is 0.550. The van der Waals surface area contributed by atoms with Crippen LogP contribution >= 0.6 is 0 Å². The first-order valence-corrected chi connectivity index (χ1v) is 9.56. The van der Waals surface area contributed by atoms with Crippen LogP contribution in [0.1, 0.15) is 21.5 Å². The normalized spacial score (nSPS) is 10.7. The monoisotopic (exact) mass is 399 g/mol. The number of pyridine rings is 2. The van der Waals surface area contributed by atoms with Crippen LogP contribution in [0.2, 0.25) is 0 Å². The van der Waals surface area contributed by atoms with Gasteiger partial charge in [-0.05, 0) is 42.3 Å². The number of benzene rings is 2. The van der Waals surface area contributed by atoms with Crippen molar-refractivity contribution in [3.63, 3.8) is 0 Å². The lowest BCUT2D eigenvalue weighted by Crippen LogP contribution is -2.31. The van der Waals surface area contributed by atoms with E-state index in [1.54, 1.807) is 16.8 Å². The highest BCUT2D eigenvalue weighted by atomic mass is 16.5. The Morgan fingerprint density at radius 2 is 1.80 bits per heavy atom. The lowest BCUT2D eigenvalue weighted by molar-refractivity contribution is 0.102. The van der Waals surface area contributed by atoms with Gasteiger partial charge in [-0.1, -0.05) is 42.5 Å². The number of nitrogens with one attached hydrogen (secondary N) is 1. The number of anilines is 1. The lowest BCUT2D eigenvalue weighted by Gasteiger charge is -2.17. The van der Waals surface area contributed by atoms with Crippen LogP contribution in [0.25, 0.3) is 10.9 Å². The van der Waals surface area contributed by atoms with Gasteiger partial charge in [-0.2, -0.15) is 0 Å². The fraction of sp³-hybridized carbons (Fsp3) is 0.125. The predicted molar refractivity (Wildman–Crippen MR) is 117 cm³/mol. The average molecular weight is 399 g/mol. The number of rotatable bonds is 5. The van der Waals surface area contributed by atoms with Crippen LogP contribution in [0.4, 0.5) is 5.82 Å². The molecule has 2 aromatic carbocycles. The SMILES string of the molecule is COc1c(C(=O)Nc2cc(C)ccn2)c(=O)n(Cc2ccccc2)c2ccccc12. The first-order chi connectivity index (χ1) is 14.6. The van der Waals surface area contributed by atoms with Crippen molar-refractivity contribution < 1.29 is 9.53 Å². The Labute approximate surface area is 173 Å². The van der Waals surface area contributed by atoms with Crippen molar-refractivity contribution in [3.8, 4) is 5.75 Å². The molecule has 1 amide bonds. The van der Waals surface area contributed by atoms with Crippen molar-refractivity contribution in [2.24, 2.45) is 0 Å². The van der Waals surface area contributed by atoms with Crippen LogP contribution in [0.15, 0.2) is 77.7 Å². The number of hydrogen-bond donors (Lipinski definition) is 1. The molecule has 0 unspecified atom stereocenters. The molecular weight excluding hydrogens is 378 g/mol. The third-order valence-corrected chi connectivity index (χ3v) is 4.90. The maximum Gasteiger partial charge on any atom is 0.268 e. The number of amides is 1. The molecule has 0 aliphatic carbocycles. The number of carbonyl (C=O) groups excluding carboxylic acids is 1. The summed E-state index contributed by atoms with van der Waals surface area (Å²) in [5, 5.41) is 3.42.